The van der Waals surface area contributed by atoms with Gasteiger partial charge in [-0.25, -0.2) is 4.98 Å². The third-order valence-corrected chi connectivity index (χ3v) is 4.16. The fourth-order valence-corrected chi connectivity index (χ4v) is 2.98. The first-order valence-corrected chi connectivity index (χ1v) is 8.52. The van der Waals surface area contributed by atoms with Crippen molar-refractivity contribution in [3.05, 3.63) is 48.3 Å². The Morgan fingerprint density at radius 2 is 1.80 bits per heavy atom. The highest BCUT2D eigenvalue weighted by Crippen LogP contribution is 2.20. The molecular weight excluding hydrogens is 316 g/mol. The molecule has 1 aliphatic carbocycles. The summed E-state index contributed by atoms with van der Waals surface area (Å²) in [5.41, 5.74) is 2.75. The Morgan fingerprint density at radius 1 is 1.04 bits per heavy atom. The van der Waals surface area contributed by atoms with E-state index in [1.54, 1.807) is 12.3 Å². The molecule has 6 nitrogen and oxygen atoms in total. The fraction of sp³-hybridized carbons (Fsp3) is 0.316. The lowest BCUT2D eigenvalue weighted by Gasteiger charge is -2.12. The number of nitrogens with one attached hydrogen (secondary N) is 3. The summed E-state index contributed by atoms with van der Waals surface area (Å²) in [7, 11) is 0. The Bertz CT molecular complexity index is 752. The zero-order valence-electron chi connectivity index (χ0n) is 14.2. The van der Waals surface area contributed by atoms with Crippen molar-refractivity contribution in [2.75, 3.05) is 10.6 Å². The maximum absolute atomic E-state index is 12.2. The number of pyridine rings is 1. The molecule has 0 radical (unpaired) electrons. The highest BCUT2D eigenvalue weighted by Gasteiger charge is 2.18. The summed E-state index contributed by atoms with van der Waals surface area (Å²) >= 11 is 0. The number of rotatable bonds is 5. The van der Waals surface area contributed by atoms with E-state index in [1.807, 2.05) is 30.3 Å². The third kappa shape index (κ3) is 4.79. The van der Waals surface area contributed by atoms with Crippen molar-refractivity contribution < 1.29 is 9.59 Å². The molecule has 6 heteroatoms. The van der Waals surface area contributed by atoms with Gasteiger partial charge in [-0.1, -0.05) is 18.9 Å². The van der Waals surface area contributed by atoms with Gasteiger partial charge in [-0.15, -0.1) is 0 Å². The Labute approximate surface area is 147 Å². The molecule has 1 aromatic carbocycles. The first-order valence-electron chi connectivity index (χ1n) is 8.52. The molecule has 2 aromatic rings. The third-order valence-electron chi connectivity index (χ3n) is 4.16. The number of benzene rings is 1. The zero-order chi connectivity index (χ0) is 17.6. The van der Waals surface area contributed by atoms with Crippen LogP contribution in [0.25, 0.3) is 0 Å². The Balaban J connectivity index is 1.62. The minimum absolute atomic E-state index is 0.114. The van der Waals surface area contributed by atoms with Gasteiger partial charge in [-0.05, 0) is 43.2 Å². The molecule has 0 saturated heterocycles. The van der Waals surface area contributed by atoms with Crippen LogP contribution in [0.5, 0.6) is 0 Å². The number of hydrogen-bond donors (Lipinski definition) is 3. The molecule has 25 heavy (non-hydrogen) atoms. The molecule has 0 atom stereocenters. The normalized spacial score (nSPS) is 14.1. The summed E-state index contributed by atoms with van der Waals surface area (Å²) in [6.07, 6.45) is 6.10. The maximum Gasteiger partial charge on any atom is 0.270 e. The molecule has 0 unspecified atom stereocenters. The van der Waals surface area contributed by atoms with Crippen LogP contribution in [0.4, 0.5) is 17.1 Å². The molecule has 1 aliphatic rings. The van der Waals surface area contributed by atoms with Crippen molar-refractivity contribution in [2.24, 2.45) is 0 Å². The molecular formula is C19H22N4O2. The van der Waals surface area contributed by atoms with E-state index < -0.39 is 0 Å². The standard InChI is InChI=1S/C19H22N4O2/c1-13(24)21-15-7-4-8-16(11-15)22-17-9-10-18(20-12-17)19(25)23-14-5-2-3-6-14/h4,7-12,14,22H,2-3,5-6H2,1H3,(H,21,24)(H,23,25). The largest absolute Gasteiger partial charge is 0.354 e. The summed E-state index contributed by atoms with van der Waals surface area (Å²) in [4.78, 5) is 27.6. The van der Waals surface area contributed by atoms with Crippen molar-refractivity contribution in [1.29, 1.82) is 0 Å². The predicted molar refractivity (Wildman–Crippen MR) is 98.0 cm³/mol. The van der Waals surface area contributed by atoms with Crippen LogP contribution in [0.2, 0.25) is 0 Å². The second-order valence-corrected chi connectivity index (χ2v) is 6.27. The SMILES string of the molecule is CC(=O)Nc1cccc(Nc2ccc(C(=O)NC3CCCC3)nc2)c1. The number of aromatic nitrogens is 1. The van der Waals surface area contributed by atoms with E-state index in [2.05, 4.69) is 20.9 Å². The van der Waals surface area contributed by atoms with Gasteiger partial charge in [0.15, 0.2) is 0 Å². The van der Waals surface area contributed by atoms with Crippen LogP contribution in [0, 0.1) is 0 Å². The molecule has 0 bridgehead atoms. The van der Waals surface area contributed by atoms with Gasteiger partial charge in [0, 0.05) is 24.3 Å². The summed E-state index contributed by atoms with van der Waals surface area (Å²) in [6, 6.07) is 11.2. The topological polar surface area (TPSA) is 83.1 Å². The predicted octanol–water partition coefficient (Wildman–Crippen LogP) is 3.46. The quantitative estimate of drug-likeness (QED) is 0.780. The van der Waals surface area contributed by atoms with Crippen LogP contribution in [-0.4, -0.2) is 22.8 Å². The monoisotopic (exact) mass is 338 g/mol. The second-order valence-electron chi connectivity index (χ2n) is 6.27. The number of hydrogen-bond acceptors (Lipinski definition) is 4. The van der Waals surface area contributed by atoms with Gasteiger partial charge >= 0.3 is 0 Å². The molecule has 1 fully saturated rings. The minimum atomic E-state index is -0.119. The molecule has 130 valence electrons. The average Bonchev–Trinajstić information content (AvgIpc) is 3.08. The molecule has 3 rings (SSSR count). The molecule has 3 N–H and O–H groups in total. The van der Waals surface area contributed by atoms with Crippen LogP contribution >= 0.6 is 0 Å². The Hall–Kier alpha value is -2.89. The van der Waals surface area contributed by atoms with E-state index in [0.29, 0.717) is 5.69 Å². The zero-order valence-corrected chi connectivity index (χ0v) is 14.2. The van der Waals surface area contributed by atoms with Crippen LogP contribution in [0.1, 0.15) is 43.1 Å². The van der Waals surface area contributed by atoms with Gasteiger partial charge in [-0.2, -0.15) is 0 Å². The van der Waals surface area contributed by atoms with E-state index in [0.717, 1.165) is 29.9 Å². The number of amides is 2. The van der Waals surface area contributed by atoms with Crippen molar-refractivity contribution in [3.63, 3.8) is 0 Å². The Morgan fingerprint density at radius 3 is 2.48 bits per heavy atom. The second kappa shape index (κ2) is 7.79. The van der Waals surface area contributed by atoms with E-state index in [9.17, 15) is 9.59 Å². The van der Waals surface area contributed by atoms with Gasteiger partial charge < -0.3 is 16.0 Å². The molecule has 1 saturated carbocycles. The van der Waals surface area contributed by atoms with E-state index in [1.165, 1.54) is 19.8 Å². The highest BCUT2D eigenvalue weighted by atomic mass is 16.2. The summed E-state index contributed by atoms with van der Waals surface area (Å²) in [6.45, 7) is 1.47. The first-order chi connectivity index (χ1) is 12.1. The van der Waals surface area contributed by atoms with Gasteiger partial charge in [0.25, 0.3) is 5.91 Å². The maximum atomic E-state index is 12.2. The number of carbonyl (C=O) groups excluding carboxylic acids is 2. The van der Waals surface area contributed by atoms with Gasteiger partial charge in [-0.3, -0.25) is 9.59 Å². The average molecular weight is 338 g/mol. The lowest BCUT2D eigenvalue weighted by Crippen LogP contribution is -2.33. The lowest BCUT2D eigenvalue weighted by atomic mass is 10.2. The van der Waals surface area contributed by atoms with Crippen LogP contribution in [0.3, 0.4) is 0 Å². The number of anilines is 3. The summed E-state index contributed by atoms with van der Waals surface area (Å²) in [5.74, 6) is -0.234. The van der Waals surface area contributed by atoms with E-state index >= 15 is 0 Å². The number of nitrogens with zero attached hydrogens (tertiary/aromatic N) is 1. The van der Waals surface area contributed by atoms with Gasteiger partial charge in [0.1, 0.15) is 5.69 Å². The van der Waals surface area contributed by atoms with E-state index in [-0.39, 0.29) is 17.9 Å². The number of carbonyl (C=O) groups is 2. The minimum Gasteiger partial charge on any atom is -0.354 e. The van der Waals surface area contributed by atoms with Crippen LogP contribution in [0.15, 0.2) is 42.6 Å². The smallest absolute Gasteiger partial charge is 0.270 e. The van der Waals surface area contributed by atoms with Crippen molar-refractivity contribution >= 4 is 28.9 Å². The van der Waals surface area contributed by atoms with Crippen molar-refractivity contribution in [2.45, 2.75) is 38.6 Å². The first kappa shape index (κ1) is 17.0. The molecule has 0 spiro atoms. The highest BCUT2D eigenvalue weighted by molar-refractivity contribution is 5.92. The summed E-state index contributed by atoms with van der Waals surface area (Å²) in [5, 5.41) is 8.98. The molecule has 2 amide bonds. The lowest BCUT2D eigenvalue weighted by molar-refractivity contribution is -0.114. The van der Waals surface area contributed by atoms with Crippen molar-refractivity contribution in [3.8, 4) is 0 Å². The van der Waals surface area contributed by atoms with Crippen LogP contribution in [-0.2, 0) is 4.79 Å². The van der Waals surface area contributed by atoms with Crippen LogP contribution < -0.4 is 16.0 Å². The van der Waals surface area contributed by atoms with E-state index in [4.69, 9.17) is 0 Å². The Kier molecular flexibility index (Phi) is 5.28. The summed E-state index contributed by atoms with van der Waals surface area (Å²) < 4.78 is 0. The molecule has 0 aliphatic heterocycles. The van der Waals surface area contributed by atoms with Crippen molar-refractivity contribution in [1.82, 2.24) is 10.3 Å². The van der Waals surface area contributed by atoms with Gasteiger partial charge in [0.05, 0.1) is 11.9 Å². The molecule has 1 heterocycles. The molecule has 1 aromatic heterocycles. The van der Waals surface area contributed by atoms with Gasteiger partial charge in [0.2, 0.25) is 5.91 Å². The fourth-order valence-electron chi connectivity index (χ4n) is 2.98.